The molecule has 9 nitrogen and oxygen atoms in total. The fourth-order valence-corrected chi connectivity index (χ4v) is 6.85. The Morgan fingerprint density at radius 3 is 2.39 bits per heavy atom. The van der Waals surface area contributed by atoms with Crippen LogP contribution in [0.3, 0.4) is 0 Å². The molecule has 1 fully saturated rings. The molecule has 41 heavy (non-hydrogen) atoms. The van der Waals surface area contributed by atoms with Crippen molar-refractivity contribution in [3.05, 3.63) is 72.3 Å². The normalized spacial score (nSPS) is 14.6. The first-order valence-corrected chi connectivity index (χ1v) is 14.8. The Balaban J connectivity index is 1.59. The molecule has 0 radical (unpaired) electrons. The predicted molar refractivity (Wildman–Crippen MR) is 155 cm³/mol. The molecule has 0 unspecified atom stereocenters. The zero-order valence-corrected chi connectivity index (χ0v) is 23.9. The van der Waals surface area contributed by atoms with E-state index in [2.05, 4.69) is 14.5 Å². The highest BCUT2D eigenvalue weighted by Crippen LogP contribution is 2.41. The first kappa shape index (κ1) is 27.3. The van der Waals surface area contributed by atoms with Gasteiger partial charge in [0.15, 0.2) is 17.1 Å². The van der Waals surface area contributed by atoms with Crippen molar-refractivity contribution in [1.82, 2.24) is 18.4 Å². The van der Waals surface area contributed by atoms with Crippen LogP contribution in [0.1, 0.15) is 5.56 Å². The minimum absolute atomic E-state index is 0.114. The van der Waals surface area contributed by atoms with Gasteiger partial charge in [-0.15, -0.1) is 0 Å². The standard InChI is InChI=1S/C30H31FN4O5S/c1-20-4-6-23(7-5-20)41(36,37)35-27(15-21-14-22(31)18-32-30(21)35)25-19-34(9-8-33-10-12-40-13-11-33)26-17-29(39-3)28(38-2)16-24(25)26/h4-7,14-19H,8-13H2,1-3H3. The number of morpholine rings is 1. The monoisotopic (exact) mass is 578 g/mol. The van der Waals surface area contributed by atoms with Gasteiger partial charge in [0, 0.05) is 54.8 Å². The van der Waals surface area contributed by atoms with Crippen LogP contribution in [-0.4, -0.2) is 73.9 Å². The maximum Gasteiger partial charge on any atom is 0.269 e. The van der Waals surface area contributed by atoms with Crippen LogP contribution >= 0.6 is 0 Å². The predicted octanol–water partition coefficient (Wildman–Crippen LogP) is 4.69. The smallest absolute Gasteiger partial charge is 0.269 e. The van der Waals surface area contributed by atoms with E-state index in [4.69, 9.17) is 14.2 Å². The number of nitrogens with zero attached hydrogens (tertiary/aromatic N) is 4. The number of benzene rings is 2. The quantitative estimate of drug-likeness (QED) is 0.264. The van der Waals surface area contributed by atoms with Crippen LogP contribution in [0.25, 0.3) is 33.2 Å². The number of hydrogen-bond acceptors (Lipinski definition) is 7. The zero-order chi connectivity index (χ0) is 28.7. The van der Waals surface area contributed by atoms with E-state index in [9.17, 15) is 12.8 Å². The fourth-order valence-electron chi connectivity index (χ4n) is 5.37. The molecule has 1 aliphatic rings. The maximum absolute atomic E-state index is 14.3. The van der Waals surface area contributed by atoms with Crippen LogP contribution in [0, 0.1) is 12.7 Å². The van der Waals surface area contributed by atoms with Crippen molar-refractivity contribution in [2.45, 2.75) is 18.4 Å². The first-order chi connectivity index (χ1) is 19.8. The minimum atomic E-state index is -4.10. The second-order valence-electron chi connectivity index (χ2n) is 10.1. The third-order valence-corrected chi connectivity index (χ3v) is 9.27. The first-order valence-electron chi connectivity index (χ1n) is 13.3. The van der Waals surface area contributed by atoms with E-state index in [1.54, 1.807) is 44.6 Å². The number of hydrogen-bond donors (Lipinski definition) is 0. The lowest BCUT2D eigenvalue weighted by Crippen LogP contribution is -2.38. The third-order valence-electron chi connectivity index (χ3n) is 7.55. The summed E-state index contributed by atoms with van der Waals surface area (Å²) < 4.78 is 62.6. The van der Waals surface area contributed by atoms with Crippen molar-refractivity contribution >= 4 is 32.0 Å². The molecule has 0 saturated carbocycles. The van der Waals surface area contributed by atoms with E-state index >= 15 is 0 Å². The van der Waals surface area contributed by atoms with Crippen molar-refractivity contribution in [3.63, 3.8) is 0 Å². The number of methoxy groups -OCH3 is 2. The second-order valence-corrected chi connectivity index (χ2v) is 11.9. The van der Waals surface area contributed by atoms with Gasteiger partial charge in [0.05, 0.1) is 49.7 Å². The Bertz CT molecular complexity index is 1840. The van der Waals surface area contributed by atoms with Crippen molar-refractivity contribution in [2.24, 2.45) is 0 Å². The highest BCUT2D eigenvalue weighted by Gasteiger charge is 2.27. The lowest BCUT2D eigenvalue weighted by Gasteiger charge is -2.26. The van der Waals surface area contributed by atoms with Gasteiger partial charge in [0.2, 0.25) is 0 Å². The van der Waals surface area contributed by atoms with Gasteiger partial charge in [-0.1, -0.05) is 17.7 Å². The lowest BCUT2D eigenvalue weighted by atomic mass is 10.1. The molecule has 6 rings (SSSR count). The molecule has 214 valence electrons. The molecule has 0 N–H and O–H groups in total. The molecule has 1 aliphatic heterocycles. The van der Waals surface area contributed by atoms with Crippen molar-refractivity contribution in [3.8, 4) is 22.8 Å². The van der Waals surface area contributed by atoms with Gasteiger partial charge in [-0.05, 0) is 37.3 Å². The summed E-state index contributed by atoms with van der Waals surface area (Å²) in [7, 11) is -0.963. The number of fused-ring (bicyclic) bond motifs is 2. The maximum atomic E-state index is 14.3. The Labute approximate surface area is 237 Å². The van der Waals surface area contributed by atoms with Gasteiger partial charge in [-0.3, -0.25) is 4.90 Å². The van der Waals surface area contributed by atoms with E-state index in [0.717, 1.165) is 42.3 Å². The second kappa shape index (κ2) is 10.8. The molecule has 3 aromatic heterocycles. The SMILES string of the molecule is COc1cc2c(-c3cc4cc(F)cnc4n3S(=O)(=O)c3ccc(C)cc3)cn(CCN3CCOCC3)c2cc1OC. The topological polar surface area (TPSA) is 87.8 Å². The summed E-state index contributed by atoms with van der Waals surface area (Å²) in [6, 6.07) is 13.4. The Morgan fingerprint density at radius 1 is 0.976 bits per heavy atom. The number of halogens is 1. The molecular formula is C30H31FN4O5S. The van der Waals surface area contributed by atoms with Crippen LogP contribution in [0.2, 0.25) is 0 Å². The molecule has 1 saturated heterocycles. The van der Waals surface area contributed by atoms with E-state index in [1.807, 2.05) is 25.3 Å². The summed E-state index contributed by atoms with van der Waals surface area (Å²) in [6.07, 6.45) is 2.97. The number of pyridine rings is 1. The van der Waals surface area contributed by atoms with Gasteiger partial charge < -0.3 is 18.8 Å². The van der Waals surface area contributed by atoms with E-state index < -0.39 is 15.8 Å². The fraction of sp³-hybridized carbons (Fsp3) is 0.300. The largest absolute Gasteiger partial charge is 0.493 e. The minimum Gasteiger partial charge on any atom is -0.493 e. The van der Waals surface area contributed by atoms with Crippen molar-refractivity contribution in [1.29, 1.82) is 0 Å². The van der Waals surface area contributed by atoms with E-state index in [1.165, 1.54) is 10.0 Å². The Kier molecular flexibility index (Phi) is 7.18. The molecular weight excluding hydrogens is 547 g/mol. The summed E-state index contributed by atoms with van der Waals surface area (Å²) in [4.78, 5) is 6.67. The van der Waals surface area contributed by atoms with Gasteiger partial charge in [-0.25, -0.2) is 21.8 Å². The highest BCUT2D eigenvalue weighted by atomic mass is 32.2. The van der Waals surface area contributed by atoms with Gasteiger partial charge in [-0.2, -0.15) is 0 Å². The number of aromatic nitrogens is 3. The van der Waals surface area contributed by atoms with E-state index in [-0.39, 0.29) is 10.5 Å². The number of rotatable bonds is 8. The van der Waals surface area contributed by atoms with Gasteiger partial charge in [0.1, 0.15) is 5.82 Å². The highest BCUT2D eigenvalue weighted by molar-refractivity contribution is 7.90. The third kappa shape index (κ3) is 4.94. The summed E-state index contributed by atoms with van der Waals surface area (Å²) in [6.45, 7) is 6.44. The van der Waals surface area contributed by atoms with Crippen molar-refractivity contribution in [2.75, 3.05) is 47.1 Å². The van der Waals surface area contributed by atoms with Crippen LogP contribution in [0.4, 0.5) is 4.39 Å². The zero-order valence-electron chi connectivity index (χ0n) is 23.1. The molecule has 0 amide bonds. The summed E-state index contributed by atoms with van der Waals surface area (Å²) in [5.74, 6) is 0.530. The van der Waals surface area contributed by atoms with Crippen LogP contribution in [-0.2, 0) is 21.3 Å². The molecule has 0 spiro atoms. The molecule has 0 aliphatic carbocycles. The molecule has 11 heteroatoms. The molecule has 0 atom stereocenters. The average molecular weight is 579 g/mol. The Hall–Kier alpha value is -3.93. The van der Waals surface area contributed by atoms with Crippen LogP contribution in [0.15, 0.2) is 65.8 Å². The number of ether oxygens (including phenoxy) is 3. The van der Waals surface area contributed by atoms with Crippen molar-refractivity contribution < 1.29 is 27.0 Å². The van der Waals surface area contributed by atoms with Gasteiger partial charge >= 0.3 is 0 Å². The molecule has 0 bridgehead atoms. The van der Waals surface area contributed by atoms with Gasteiger partial charge in [0.25, 0.3) is 10.0 Å². The molecule has 5 aromatic rings. The summed E-state index contributed by atoms with van der Waals surface area (Å²) in [5.41, 5.74) is 2.97. The summed E-state index contributed by atoms with van der Waals surface area (Å²) in [5, 5.41) is 1.15. The van der Waals surface area contributed by atoms with Crippen LogP contribution in [0.5, 0.6) is 11.5 Å². The average Bonchev–Trinajstić information content (AvgIpc) is 3.53. The lowest BCUT2D eigenvalue weighted by molar-refractivity contribution is 0.0365. The van der Waals surface area contributed by atoms with Crippen LogP contribution < -0.4 is 9.47 Å². The summed E-state index contributed by atoms with van der Waals surface area (Å²) >= 11 is 0. The molecule has 4 heterocycles. The molecule has 2 aromatic carbocycles. The Morgan fingerprint density at radius 2 is 1.68 bits per heavy atom. The number of aryl methyl sites for hydroxylation is 1. The van der Waals surface area contributed by atoms with E-state index in [0.29, 0.717) is 47.9 Å².